The number of halogens is 3. The van der Waals surface area contributed by atoms with Crippen molar-refractivity contribution in [2.24, 2.45) is 0 Å². The van der Waals surface area contributed by atoms with Crippen molar-refractivity contribution in [3.8, 4) is 0 Å². The highest BCUT2D eigenvalue weighted by atomic mass is 79.9. The van der Waals surface area contributed by atoms with Crippen molar-refractivity contribution < 1.29 is 0 Å². The zero-order chi connectivity index (χ0) is 14.0. The summed E-state index contributed by atoms with van der Waals surface area (Å²) < 4.78 is 1.17. The summed E-state index contributed by atoms with van der Waals surface area (Å²) in [7, 11) is 0. The van der Waals surface area contributed by atoms with Crippen LogP contribution in [0, 0.1) is 6.92 Å². The van der Waals surface area contributed by atoms with E-state index in [0.29, 0.717) is 10.0 Å². The van der Waals surface area contributed by atoms with Gasteiger partial charge in [-0.3, -0.25) is 0 Å². The molecular weight excluding hydrogens is 365 g/mol. The van der Waals surface area contributed by atoms with Crippen LogP contribution in [-0.4, -0.2) is 6.54 Å². The van der Waals surface area contributed by atoms with E-state index in [1.54, 1.807) is 17.4 Å². The fourth-order valence-corrected chi connectivity index (χ4v) is 4.17. The molecular formula is C14H14BrCl2NS. The first-order chi connectivity index (χ1) is 9.01. The Morgan fingerprint density at radius 1 is 1.21 bits per heavy atom. The van der Waals surface area contributed by atoms with Crippen molar-refractivity contribution >= 4 is 50.5 Å². The van der Waals surface area contributed by atoms with E-state index >= 15 is 0 Å². The fourth-order valence-electron chi connectivity index (χ4n) is 1.95. The summed E-state index contributed by atoms with van der Waals surface area (Å²) in [5, 5.41) is 4.81. The van der Waals surface area contributed by atoms with Gasteiger partial charge in [0.25, 0.3) is 0 Å². The Kier molecular flexibility index (Phi) is 5.32. The lowest BCUT2D eigenvalue weighted by Crippen LogP contribution is -2.21. The molecule has 0 aliphatic rings. The fraction of sp³-hybridized carbons (Fsp3) is 0.286. The van der Waals surface area contributed by atoms with Crippen molar-refractivity contribution in [3.05, 3.63) is 54.1 Å². The summed E-state index contributed by atoms with van der Waals surface area (Å²) >= 11 is 17.5. The maximum absolute atomic E-state index is 6.10. The average Bonchev–Trinajstić information content (AvgIpc) is 2.65. The van der Waals surface area contributed by atoms with Gasteiger partial charge in [0.2, 0.25) is 0 Å². The van der Waals surface area contributed by atoms with Gasteiger partial charge in [-0.1, -0.05) is 30.1 Å². The Morgan fingerprint density at radius 3 is 2.32 bits per heavy atom. The summed E-state index contributed by atoms with van der Waals surface area (Å²) in [6.07, 6.45) is 0. The first kappa shape index (κ1) is 15.3. The Labute approximate surface area is 136 Å². The highest BCUT2D eigenvalue weighted by Crippen LogP contribution is 2.35. The van der Waals surface area contributed by atoms with Crippen molar-refractivity contribution in [1.29, 1.82) is 0 Å². The molecule has 0 fully saturated rings. The molecule has 0 amide bonds. The number of aryl methyl sites for hydroxylation is 1. The molecule has 1 aromatic heterocycles. The number of nitrogens with one attached hydrogen (secondary N) is 1. The molecule has 1 N–H and O–H groups in total. The topological polar surface area (TPSA) is 12.0 Å². The van der Waals surface area contributed by atoms with Crippen molar-refractivity contribution in [3.63, 3.8) is 0 Å². The monoisotopic (exact) mass is 377 g/mol. The van der Waals surface area contributed by atoms with Gasteiger partial charge in [0.1, 0.15) is 0 Å². The van der Waals surface area contributed by atoms with E-state index in [1.165, 1.54) is 14.2 Å². The van der Waals surface area contributed by atoms with Crippen molar-refractivity contribution in [1.82, 2.24) is 5.32 Å². The third kappa shape index (κ3) is 3.73. The highest BCUT2D eigenvalue weighted by Gasteiger charge is 2.17. The molecule has 0 radical (unpaired) electrons. The molecule has 2 rings (SSSR count). The Bertz CT molecular complexity index is 543. The van der Waals surface area contributed by atoms with Crippen LogP contribution in [0.5, 0.6) is 0 Å². The van der Waals surface area contributed by atoms with E-state index < -0.39 is 0 Å². The Balaban J connectivity index is 2.44. The average molecular weight is 379 g/mol. The number of rotatable bonds is 4. The minimum absolute atomic E-state index is 0.121. The van der Waals surface area contributed by atoms with E-state index in [9.17, 15) is 0 Å². The molecule has 2 aromatic rings. The van der Waals surface area contributed by atoms with Crippen molar-refractivity contribution in [2.45, 2.75) is 19.9 Å². The van der Waals surface area contributed by atoms with Gasteiger partial charge in [0.15, 0.2) is 0 Å². The second kappa shape index (κ2) is 6.59. The lowest BCUT2D eigenvalue weighted by atomic mass is 10.0. The zero-order valence-corrected chi connectivity index (χ0v) is 14.6. The van der Waals surface area contributed by atoms with Gasteiger partial charge in [-0.2, -0.15) is 0 Å². The lowest BCUT2D eigenvalue weighted by Gasteiger charge is -2.17. The van der Waals surface area contributed by atoms with Gasteiger partial charge in [0.05, 0.1) is 9.83 Å². The van der Waals surface area contributed by atoms with Gasteiger partial charge in [-0.05, 0) is 64.8 Å². The molecule has 5 heteroatoms. The maximum atomic E-state index is 6.10. The molecule has 1 unspecified atom stereocenters. The maximum Gasteiger partial charge on any atom is 0.0731 e. The minimum atomic E-state index is 0.121. The molecule has 0 bridgehead atoms. The molecule has 1 aromatic carbocycles. The van der Waals surface area contributed by atoms with Crippen LogP contribution >= 0.6 is 50.5 Å². The quantitative estimate of drug-likeness (QED) is 0.706. The summed E-state index contributed by atoms with van der Waals surface area (Å²) in [6, 6.07) is 7.99. The number of hydrogen-bond acceptors (Lipinski definition) is 2. The van der Waals surface area contributed by atoms with Crippen LogP contribution in [0.15, 0.2) is 28.1 Å². The van der Waals surface area contributed by atoms with Crippen LogP contribution in [0.2, 0.25) is 10.0 Å². The molecule has 1 atom stereocenters. The third-order valence-corrected chi connectivity index (χ3v) is 5.43. The van der Waals surface area contributed by atoms with Crippen LogP contribution < -0.4 is 5.32 Å². The normalized spacial score (nSPS) is 12.7. The van der Waals surface area contributed by atoms with Crippen LogP contribution in [0.3, 0.4) is 0 Å². The smallest absolute Gasteiger partial charge is 0.0731 e. The number of thiophene rings is 1. The molecule has 0 aliphatic heterocycles. The third-order valence-electron chi connectivity index (χ3n) is 2.79. The standard InChI is InChI=1S/C14H14BrCl2NS/c1-3-18-13(12-4-8(2)14(15)19-12)9-5-10(16)7-11(17)6-9/h4-7,13,18H,3H2,1-2H3. The second-order valence-corrected chi connectivity index (χ2v) is 7.57. The van der Waals surface area contributed by atoms with E-state index in [-0.39, 0.29) is 6.04 Å². The largest absolute Gasteiger partial charge is 0.306 e. The van der Waals surface area contributed by atoms with E-state index in [4.69, 9.17) is 23.2 Å². The first-order valence-corrected chi connectivity index (χ1v) is 8.33. The SMILES string of the molecule is CCNC(c1cc(Cl)cc(Cl)c1)c1cc(C)c(Br)s1. The van der Waals surface area contributed by atoms with Crippen LogP contribution in [0.25, 0.3) is 0 Å². The minimum Gasteiger partial charge on any atom is -0.306 e. The van der Waals surface area contributed by atoms with Gasteiger partial charge in [0, 0.05) is 14.9 Å². The second-order valence-electron chi connectivity index (χ2n) is 4.30. The zero-order valence-electron chi connectivity index (χ0n) is 10.6. The van der Waals surface area contributed by atoms with Gasteiger partial charge in [-0.15, -0.1) is 11.3 Å². The summed E-state index contributed by atoms with van der Waals surface area (Å²) in [5.41, 5.74) is 2.34. The Morgan fingerprint density at radius 2 is 1.84 bits per heavy atom. The molecule has 0 saturated carbocycles. The van der Waals surface area contributed by atoms with Crippen molar-refractivity contribution in [2.75, 3.05) is 6.54 Å². The van der Waals surface area contributed by atoms with Crippen LogP contribution in [0.4, 0.5) is 0 Å². The molecule has 1 nitrogen and oxygen atoms in total. The number of benzene rings is 1. The summed E-state index contributed by atoms with van der Waals surface area (Å²) in [4.78, 5) is 1.25. The van der Waals surface area contributed by atoms with E-state index in [2.05, 4.69) is 41.2 Å². The highest BCUT2D eigenvalue weighted by molar-refractivity contribution is 9.11. The van der Waals surface area contributed by atoms with Crippen LogP contribution in [0.1, 0.15) is 29.0 Å². The molecule has 0 spiro atoms. The van der Waals surface area contributed by atoms with Gasteiger partial charge >= 0.3 is 0 Å². The molecule has 102 valence electrons. The number of hydrogen-bond donors (Lipinski definition) is 1. The predicted octanol–water partition coefficient (Wildman–Crippen LogP) is 5.82. The van der Waals surface area contributed by atoms with E-state index in [0.717, 1.165) is 12.1 Å². The lowest BCUT2D eigenvalue weighted by molar-refractivity contribution is 0.639. The first-order valence-electron chi connectivity index (χ1n) is 5.96. The summed E-state index contributed by atoms with van der Waals surface area (Å²) in [6.45, 7) is 5.07. The molecule has 0 aliphatic carbocycles. The van der Waals surface area contributed by atoms with Crippen LogP contribution in [-0.2, 0) is 0 Å². The molecule has 0 saturated heterocycles. The molecule has 19 heavy (non-hydrogen) atoms. The van der Waals surface area contributed by atoms with E-state index in [1.807, 2.05) is 12.1 Å². The van der Waals surface area contributed by atoms with Gasteiger partial charge < -0.3 is 5.32 Å². The molecule has 1 heterocycles. The predicted molar refractivity (Wildman–Crippen MR) is 88.7 cm³/mol. The Hall–Kier alpha value is -0.0600. The van der Waals surface area contributed by atoms with Gasteiger partial charge in [-0.25, -0.2) is 0 Å². The summed E-state index contributed by atoms with van der Waals surface area (Å²) in [5.74, 6) is 0.